The number of benzene rings is 2. The zero-order valence-corrected chi connectivity index (χ0v) is 21.1. The summed E-state index contributed by atoms with van der Waals surface area (Å²) in [7, 11) is 0. The van der Waals surface area contributed by atoms with Gasteiger partial charge in [0.05, 0.1) is 17.3 Å². The van der Waals surface area contributed by atoms with Gasteiger partial charge in [-0.1, -0.05) is 41.4 Å². The minimum Gasteiger partial charge on any atom is -0.324 e. The van der Waals surface area contributed by atoms with E-state index in [1.165, 1.54) is 6.92 Å². The van der Waals surface area contributed by atoms with Gasteiger partial charge in [-0.3, -0.25) is 14.3 Å². The van der Waals surface area contributed by atoms with Crippen molar-refractivity contribution in [2.75, 3.05) is 5.32 Å². The van der Waals surface area contributed by atoms with Crippen LogP contribution in [0.3, 0.4) is 0 Å². The van der Waals surface area contributed by atoms with E-state index in [2.05, 4.69) is 26.1 Å². The van der Waals surface area contributed by atoms with Crippen molar-refractivity contribution in [1.82, 2.24) is 14.7 Å². The van der Waals surface area contributed by atoms with Crippen LogP contribution in [0.5, 0.6) is 0 Å². The zero-order valence-electron chi connectivity index (χ0n) is 19.6. The van der Waals surface area contributed by atoms with Gasteiger partial charge in [-0.25, -0.2) is 0 Å². The fraction of sp³-hybridized carbons (Fsp3) is 0.346. The lowest BCUT2D eigenvalue weighted by atomic mass is 9.90. The average Bonchev–Trinajstić information content (AvgIpc) is 3.39. The minimum atomic E-state index is -0.676. The molecule has 1 aromatic heterocycles. The minimum absolute atomic E-state index is 0.180. The molecule has 2 aromatic carbocycles. The number of anilines is 1. The first-order chi connectivity index (χ1) is 16.0. The maximum Gasteiger partial charge on any atom is 0.247 e. The van der Waals surface area contributed by atoms with E-state index in [1.807, 2.05) is 35.1 Å². The van der Waals surface area contributed by atoms with Crippen LogP contribution in [0.4, 0.5) is 5.69 Å². The molecule has 1 aliphatic rings. The normalized spacial score (nSPS) is 20.4. The Morgan fingerprint density at radius 2 is 1.71 bits per heavy atom. The Kier molecular flexibility index (Phi) is 6.74. The van der Waals surface area contributed by atoms with Crippen LogP contribution in [-0.4, -0.2) is 32.5 Å². The Labute approximate surface area is 209 Å². The Hall–Kier alpha value is -2.83. The molecule has 4 rings (SSSR count). The second kappa shape index (κ2) is 9.43. The number of halogens is 2. The molecule has 1 aliphatic heterocycles. The highest BCUT2D eigenvalue weighted by atomic mass is 35.5. The van der Waals surface area contributed by atoms with Gasteiger partial charge in [0.15, 0.2) is 0 Å². The number of carbonyl (C=O) groups excluding carboxylic acids is 2. The number of nitrogens with one attached hydrogen (secondary N) is 1. The van der Waals surface area contributed by atoms with E-state index in [9.17, 15) is 9.59 Å². The standard InChI is InChI=1S/C26H28Cl2N4O2/c1-16(33)32-23(25(34)29-20-10-6-9-19(28)14-20)15-21(22-11-12-31(30-22)26(2,3)4)24(32)17-7-5-8-18(27)13-17/h5-14,21,23-24H,15H2,1-4H3,(H,29,34)/t21-,23+,24+/m1/s1. The number of amides is 2. The summed E-state index contributed by atoms with van der Waals surface area (Å²) in [4.78, 5) is 28.0. The second-order valence-corrected chi connectivity index (χ2v) is 10.5. The number of aromatic nitrogens is 2. The molecule has 1 N–H and O–H groups in total. The van der Waals surface area contributed by atoms with Gasteiger partial charge in [0.2, 0.25) is 11.8 Å². The van der Waals surface area contributed by atoms with Gasteiger partial charge in [-0.15, -0.1) is 0 Å². The lowest BCUT2D eigenvalue weighted by Crippen LogP contribution is -2.43. The van der Waals surface area contributed by atoms with Crippen molar-refractivity contribution in [3.63, 3.8) is 0 Å². The molecule has 6 nitrogen and oxygen atoms in total. The predicted octanol–water partition coefficient (Wildman–Crippen LogP) is 6.03. The summed E-state index contributed by atoms with van der Waals surface area (Å²) < 4.78 is 1.91. The Balaban J connectivity index is 1.75. The van der Waals surface area contributed by atoms with E-state index in [0.29, 0.717) is 22.2 Å². The van der Waals surface area contributed by atoms with Gasteiger partial charge in [-0.2, -0.15) is 5.10 Å². The van der Waals surface area contributed by atoms with Crippen molar-refractivity contribution in [1.29, 1.82) is 0 Å². The first-order valence-electron chi connectivity index (χ1n) is 11.2. The van der Waals surface area contributed by atoms with Crippen molar-refractivity contribution in [3.05, 3.63) is 82.1 Å². The molecule has 0 spiro atoms. The van der Waals surface area contributed by atoms with Gasteiger partial charge >= 0.3 is 0 Å². The molecular weight excluding hydrogens is 471 g/mol. The summed E-state index contributed by atoms with van der Waals surface area (Å²) in [6, 6.07) is 15.3. The molecule has 3 atom stereocenters. The zero-order chi connectivity index (χ0) is 24.6. The van der Waals surface area contributed by atoms with Crippen LogP contribution in [0, 0.1) is 0 Å². The third kappa shape index (κ3) is 4.98. The third-order valence-electron chi connectivity index (χ3n) is 6.12. The van der Waals surface area contributed by atoms with E-state index in [4.69, 9.17) is 28.3 Å². The lowest BCUT2D eigenvalue weighted by molar-refractivity contribution is -0.137. The van der Waals surface area contributed by atoms with Crippen LogP contribution < -0.4 is 5.32 Å². The van der Waals surface area contributed by atoms with E-state index < -0.39 is 6.04 Å². The molecule has 1 fully saturated rings. The summed E-state index contributed by atoms with van der Waals surface area (Å²) in [5.74, 6) is -0.627. The molecule has 2 heterocycles. The number of hydrogen-bond donors (Lipinski definition) is 1. The smallest absolute Gasteiger partial charge is 0.247 e. The lowest BCUT2D eigenvalue weighted by Gasteiger charge is -2.30. The van der Waals surface area contributed by atoms with Crippen LogP contribution in [0.15, 0.2) is 60.8 Å². The number of carbonyl (C=O) groups is 2. The van der Waals surface area contributed by atoms with Crippen LogP contribution in [0.1, 0.15) is 57.3 Å². The average molecular weight is 499 g/mol. The predicted molar refractivity (Wildman–Crippen MR) is 135 cm³/mol. The maximum absolute atomic E-state index is 13.4. The molecule has 0 bridgehead atoms. The van der Waals surface area contributed by atoms with E-state index >= 15 is 0 Å². The van der Waals surface area contributed by atoms with Gasteiger partial charge < -0.3 is 10.2 Å². The SMILES string of the molecule is CC(=O)N1[C@H](C(=O)Nc2cccc(Cl)c2)C[C@H](c2ccn(C(C)(C)C)n2)[C@@H]1c1cccc(Cl)c1. The molecular formula is C26H28Cl2N4O2. The van der Waals surface area contributed by atoms with E-state index in [0.717, 1.165) is 11.3 Å². The van der Waals surface area contributed by atoms with Crippen molar-refractivity contribution in [2.45, 2.75) is 57.7 Å². The van der Waals surface area contributed by atoms with Gasteiger partial charge in [0.25, 0.3) is 0 Å². The molecule has 0 aliphatic carbocycles. The van der Waals surface area contributed by atoms with Crippen LogP contribution in [0.25, 0.3) is 0 Å². The summed E-state index contributed by atoms with van der Waals surface area (Å²) in [6.07, 6.45) is 2.38. The molecule has 0 radical (unpaired) electrons. The second-order valence-electron chi connectivity index (χ2n) is 9.64. The van der Waals surface area contributed by atoms with Crippen LogP contribution in [0.2, 0.25) is 10.0 Å². The van der Waals surface area contributed by atoms with Crippen LogP contribution >= 0.6 is 23.2 Å². The summed E-state index contributed by atoms with van der Waals surface area (Å²) in [5, 5.41) is 8.87. The molecule has 0 unspecified atom stereocenters. The molecule has 2 amide bonds. The first kappa shape index (κ1) is 24.3. The van der Waals surface area contributed by atoms with Crippen molar-refractivity contribution in [2.24, 2.45) is 0 Å². The fourth-order valence-corrected chi connectivity index (χ4v) is 4.98. The number of rotatable bonds is 4. The first-order valence-corrected chi connectivity index (χ1v) is 12.0. The summed E-state index contributed by atoms with van der Waals surface area (Å²) in [5.41, 5.74) is 2.10. The highest BCUT2D eigenvalue weighted by molar-refractivity contribution is 6.31. The van der Waals surface area contributed by atoms with Crippen molar-refractivity contribution >= 4 is 40.7 Å². The Morgan fingerprint density at radius 1 is 1.03 bits per heavy atom. The van der Waals surface area contributed by atoms with Crippen molar-refractivity contribution < 1.29 is 9.59 Å². The van der Waals surface area contributed by atoms with Gasteiger partial charge in [0.1, 0.15) is 6.04 Å². The highest BCUT2D eigenvalue weighted by Crippen LogP contribution is 2.47. The van der Waals surface area contributed by atoms with Gasteiger partial charge in [0, 0.05) is 34.8 Å². The largest absolute Gasteiger partial charge is 0.324 e. The number of likely N-dealkylation sites (tertiary alicyclic amines) is 1. The fourth-order valence-electron chi connectivity index (χ4n) is 4.59. The topological polar surface area (TPSA) is 67.2 Å². The maximum atomic E-state index is 13.4. The third-order valence-corrected chi connectivity index (χ3v) is 6.59. The highest BCUT2D eigenvalue weighted by Gasteiger charge is 2.48. The van der Waals surface area contributed by atoms with Crippen molar-refractivity contribution in [3.8, 4) is 0 Å². The van der Waals surface area contributed by atoms with E-state index in [-0.39, 0.29) is 29.3 Å². The van der Waals surface area contributed by atoms with E-state index in [1.54, 1.807) is 35.2 Å². The Morgan fingerprint density at radius 3 is 2.29 bits per heavy atom. The monoisotopic (exact) mass is 498 g/mol. The summed E-state index contributed by atoms with van der Waals surface area (Å²) in [6.45, 7) is 7.73. The molecule has 34 heavy (non-hydrogen) atoms. The number of hydrogen-bond acceptors (Lipinski definition) is 3. The molecule has 3 aromatic rings. The van der Waals surface area contributed by atoms with Crippen LogP contribution in [-0.2, 0) is 15.1 Å². The number of nitrogens with zero attached hydrogens (tertiary/aromatic N) is 3. The van der Waals surface area contributed by atoms with Gasteiger partial charge in [-0.05, 0) is 69.2 Å². The Bertz CT molecular complexity index is 1220. The molecule has 8 heteroatoms. The molecule has 178 valence electrons. The molecule has 1 saturated heterocycles. The molecule has 0 saturated carbocycles. The summed E-state index contributed by atoms with van der Waals surface area (Å²) >= 11 is 12.4. The quantitative estimate of drug-likeness (QED) is 0.477.